The Hall–Kier alpha value is -4.86. The molecule has 0 aliphatic heterocycles. The molecule has 0 radical (unpaired) electrons. The first-order valence-electron chi connectivity index (χ1n) is 15.5. The molecule has 260 valence electrons. The summed E-state index contributed by atoms with van der Waals surface area (Å²) >= 11 is 0. The molecule has 1 aromatic carbocycles. The number of aromatic nitrogens is 1. The standard InChI is InChI=1S/C22H33N9O4.C4H11N3.2C2H6/c1-26-20(34)17(9-13-11-28-15-6-3-2-5-14(13)15)31-19(33)12-29-21(35)16(30-18(32)10-23)7-4-8-27-22(24)25;1-2-3-7-4(5)6;2*1-2/h2-3,5-6,11,16-17,28H,4,7-10,12,23H2,1H3,(H,26,34)(H,29,35)(H,30,32)(H,31,33)(H4,24,25,27);2-3H2,1H3,(H4,5,6,7);2*1-2H3. The Morgan fingerprint density at radius 2 is 1.43 bits per heavy atom. The number of nitrogens with two attached hydrogens (primary N) is 5. The van der Waals surface area contributed by atoms with Gasteiger partial charge in [0.1, 0.15) is 12.1 Å². The largest absolute Gasteiger partial charge is 0.370 e. The van der Waals surface area contributed by atoms with Crippen LogP contribution in [0.15, 0.2) is 40.4 Å². The maximum absolute atomic E-state index is 12.6. The highest BCUT2D eigenvalue weighted by molar-refractivity contribution is 5.93. The first-order valence-corrected chi connectivity index (χ1v) is 15.5. The van der Waals surface area contributed by atoms with Gasteiger partial charge >= 0.3 is 0 Å². The SMILES string of the molecule is CC.CC.CCCN=C(N)N.CNC(=O)C(Cc1c[nH]c2ccccc12)NC(=O)CNC(=O)C(CCCN=C(N)N)NC(=O)CN. The van der Waals surface area contributed by atoms with E-state index in [1.807, 2.05) is 58.9 Å². The molecule has 2 aromatic rings. The molecule has 46 heavy (non-hydrogen) atoms. The normalized spacial score (nSPS) is 10.8. The van der Waals surface area contributed by atoms with Crippen molar-refractivity contribution < 1.29 is 19.2 Å². The van der Waals surface area contributed by atoms with Crippen LogP contribution in [0.4, 0.5) is 0 Å². The molecule has 0 aliphatic carbocycles. The highest BCUT2D eigenvalue weighted by atomic mass is 16.2. The van der Waals surface area contributed by atoms with Crippen LogP contribution >= 0.6 is 0 Å². The van der Waals surface area contributed by atoms with E-state index in [4.69, 9.17) is 28.7 Å². The molecule has 4 amide bonds. The fourth-order valence-corrected chi connectivity index (χ4v) is 3.71. The minimum Gasteiger partial charge on any atom is -0.370 e. The Bertz CT molecular complexity index is 1220. The van der Waals surface area contributed by atoms with Crippen molar-refractivity contribution in [2.24, 2.45) is 38.7 Å². The Labute approximate surface area is 272 Å². The number of aliphatic imine (C=N–C) groups is 2. The second kappa shape index (κ2) is 26.5. The zero-order valence-corrected chi connectivity index (χ0v) is 28.1. The molecular formula is C30H56N12O4. The molecule has 0 spiro atoms. The first kappa shape index (κ1) is 43.3. The zero-order valence-electron chi connectivity index (χ0n) is 28.1. The van der Waals surface area contributed by atoms with E-state index in [9.17, 15) is 19.2 Å². The van der Waals surface area contributed by atoms with Gasteiger partial charge in [0.2, 0.25) is 23.6 Å². The van der Waals surface area contributed by atoms with Gasteiger partial charge in [-0.05, 0) is 30.9 Å². The lowest BCUT2D eigenvalue weighted by molar-refractivity contribution is -0.131. The number of amides is 4. The van der Waals surface area contributed by atoms with Gasteiger partial charge in [0, 0.05) is 43.7 Å². The number of likely N-dealkylation sites (N-methyl/N-ethyl adjacent to an activating group) is 1. The van der Waals surface area contributed by atoms with Crippen LogP contribution in [0.3, 0.4) is 0 Å². The van der Waals surface area contributed by atoms with Gasteiger partial charge in [0.15, 0.2) is 11.9 Å². The first-order chi connectivity index (χ1) is 22.0. The number of aromatic amines is 1. The number of fused-ring (bicyclic) bond motifs is 1. The molecule has 0 saturated heterocycles. The van der Waals surface area contributed by atoms with Crippen molar-refractivity contribution in [3.05, 3.63) is 36.0 Å². The summed E-state index contributed by atoms with van der Waals surface area (Å²) in [4.78, 5) is 59.9. The maximum Gasteiger partial charge on any atom is 0.243 e. The van der Waals surface area contributed by atoms with Crippen LogP contribution in [0.25, 0.3) is 10.9 Å². The number of H-pyrrole nitrogens is 1. The third kappa shape index (κ3) is 18.7. The lowest BCUT2D eigenvalue weighted by atomic mass is 10.0. The summed E-state index contributed by atoms with van der Waals surface area (Å²) < 4.78 is 0. The molecule has 16 nitrogen and oxygen atoms in total. The summed E-state index contributed by atoms with van der Waals surface area (Å²) in [5, 5.41) is 11.1. The molecule has 1 heterocycles. The van der Waals surface area contributed by atoms with Crippen molar-refractivity contribution in [2.75, 3.05) is 33.2 Å². The molecule has 0 saturated carbocycles. The second-order valence-electron chi connectivity index (χ2n) is 9.10. The van der Waals surface area contributed by atoms with E-state index < -0.39 is 29.8 Å². The number of rotatable bonds is 15. The predicted molar refractivity (Wildman–Crippen MR) is 186 cm³/mol. The summed E-state index contributed by atoms with van der Waals surface area (Å²) in [7, 11) is 1.48. The highest BCUT2D eigenvalue weighted by Gasteiger charge is 2.24. The number of carbonyl (C=O) groups excluding carboxylic acids is 4. The summed E-state index contributed by atoms with van der Waals surface area (Å²) in [5.74, 6) is -1.91. The predicted octanol–water partition coefficient (Wildman–Crippen LogP) is -0.723. The number of guanidine groups is 2. The average molecular weight is 649 g/mol. The number of hydrogen-bond donors (Lipinski definition) is 10. The van der Waals surface area contributed by atoms with E-state index in [2.05, 4.69) is 36.2 Å². The quantitative estimate of drug-likeness (QED) is 0.0661. The molecule has 0 aliphatic rings. The Kier molecular flexibility index (Phi) is 25.0. The number of carbonyl (C=O) groups is 4. The van der Waals surface area contributed by atoms with Crippen molar-refractivity contribution in [3.8, 4) is 0 Å². The van der Waals surface area contributed by atoms with Gasteiger partial charge in [-0.1, -0.05) is 52.8 Å². The average Bonchev–Trinajstić information content (AvgIpc) is 3.47. The lowest BCUT2D eigenvalue weighted by Crippen LogP contribution is -2.53. The van der Waals surface area contributed by atoms with E-state index >= 15 is 0 Å². The van der Waals surface area contributed by atoms with E-state index in [1.54, 1.807) is 6.20 Å². The van der Waals surface area contributed by atoms with Gasteiger partial charge in [-0.3, -0.25) is 29.2 Å². The van der Waals surface area contributed by atoms with Crippen LogP contribution in [-0.4, -0.2) is 85.8 Å². The smallest absolute Gasteiger partial charge is 0.243 e. The third-order valence-electron chi connectivity index (χ3n) is 5.72. The molecule has 0 fully saturated rings. The van der Waals surface area contributed by atoms with E-state index in [-0.39, 0.29) is 50.3 Å². The lowest BCUT2D eigenvalue weighted by Gasteiger charge is -2.19. The molecule has 2 rings (SSSR count). The Morgan fingerprint density at radius 1 is 0.848 bits per heavy atom. The van der Waals surface area contributed by atoms with Crippen LogP contribution in [-0.2, 0) is 25.6 Å². The van der Waals surface area contributed by atoms with Crippen molar-refractivity contribution >= 4 is 46.5 Å². The fraction of sp³-hybridized carbons (Fsp3) is 0.533. The molecular weight excluding hydrogens is 592 g/mol. The van der Waals surface area contributed by atoms with Crippen molar-refractivity contribution in [3.63, 3.8) is 0 Å². The number of nitrogens with one attached hydrogen (secondary N) is 5. The van der Waals surface area contributed by atoms with E-state index in [1.165, 1.54) is 7.05 Å². The molecule has 16 heteroatoms. The molecule has 2 atom stereocenters. The highest BCUT2D eigenvalue weighted by Crippen LogP contribution is 2.19. The summed E-state index contributed by atoms with van der Waals surface area (Å²) in [6.45, 7) is 10.4. The molecule has 0 bridgehead atoms. The van der Waals surface area contributed by atoms with Gasteiger partial charge in [0.05, 0.1) is 13.1 Å². The van der Waals surface area contributed by atoms with Gasteiger partial charge < -0.3 is 54.9 Å². The number of hydrogen-bond acceptors (Lipinski definition) is 7. The fourth-order valence-electron chi connectivity index (χ4n) is 3.71. The third-order valence-corrected chi connectivity index (χ3v) is 5.72. The van der Waals surface area contributed by atoms with Crippen LogP contribution in [0.2, 0.25) is 0 Å². The minimum atomic E-state index is -0.922. The van der Waals surface area contributed by atoms with Gasteiger partial charge in [-0.2, -0.15) is 0 Å². The Balaban J connectivity index is 0. The van der Waals surface area contributed by atoms with E-state index in [0.29, 0.717) is 6.42 Å². The van der Waals surface area contributed by atoms with E-state index in [0.717, 1.165) is 29.4 Å². The summed E-state index contributed by atoms with van der Waals surface area (Å²) in [6, 6.07) is 5.85. The Morgan fingerprint density at radius 3 is 1.98 bits per heavy atom. The zero-order chi connectivity index (χ0) is 35.5. The van der Waals surface area contributed by atoms with Crippen LogP contribution in [0, 0.1) is 0 Å². The number of nitrogens with zero attached hydrogens (tertiary/aromatic N) is 2. The number of benzene rings is 1. The van der Waals surface area contributed by atoms with Crippen molar-refractivity contribution in [2.45, 2.75) is 72.4 Å². The van der Waals surface area contributed by atoms with Crippen molar-refractivity contribution in [1.82, 2.24) is 26.3 Å². The topological polar surface area (TPSA) is 287 Å². The van der Waals surface area contributed by atoms with Gasteiger partial charge in [-0.15, -0.1) is 0 Å². The van der Waals surface area contributed by atoms with Crippen LogP contribution in [0.1, 0.15) is 59.4 Å². The number of para-hydroxylation sites is 1. The van der Waals surface area contributed by atoms with Crippen LogP contribution in [0.5, 0.6) is 0 Å². The second-order valence-corrected chi connectivity index (χ2v) is 9.10. The summed E-state index contributed by atoms with van der Waals surface area (Å²) in [5.41, 5.74) is 27.7. The maximum atomic E-state index is 12.6. The van der Waals surface area contributed by atoms with Gasteiger partial charge in [0.25, 0.3) is 0 Å². The molecule has 15 N–H and O–H groups in total. The summed E-state index contributed by atoms with van der Waals surface area (Å²) in [6.07, 6.45) is 3.69. The van der Waals surface area contributed by atoms with Gasteiger partial charge in [-0.25, -0.2) is 0 Å². The molecule has 1 aromatic heterocycles. The minimum absolute atomic E-state index is 0.0769. The molecule has 2 unspecified atom stereocenters. The monoisotopic (exact) mass is 648 g/mol. The van der Waals surface area contributed by atoms with Crippen LogP contribution < -0.4 is 49.9 Å². The van der Waals surface area contributed by atoms with Crippen molar-refractivity contribution in [1.29, 1.82) is 0 Å².